The standard InChI is InChI=1S/C23H18ClN7O/c1-14(22-27-7-2-8-28-22)31(13-18-5-3-15(11-25)12-29-18)23(32)16-4-6-20-17(9-16)10-19(24)21(26)30-20/h2-10,12,14H,13H2,1H3,(H2,26,30)/t14-/m1/s1. The molecule has 0 radical (unpaired) electrons. The van der Waals surface area contributed by atoms with Gasteiger partial charge in [0.15, 0.2) is 0 Å². The molecule has 32 heavy (non-hydrogen) atoms. The fraction of sp³-hybridized carbons (Fsp3) is 0.130. The van der Waals surface area contributed by atoms with Crippen molar-refractivity contribution in [1.82, 2.24) is 24.8 Å². The quantitative estimate of drug-likeness (QED) is 0.495. The van der Waals surface area contributed by atoms with Crippen LogP contribution in [0.2, 0.25) is 5.02 Å². The van der Waals surface area contributed by atoms with Crippen molar-refractivity contribution in [2.24, 2.45) is 0 Å². The molecule has 8 nitrogen and oxygen atoms in total. The van der Waals surface area contributed by atoms with Crippen LogP contribution < -0.4 is 5.73 Å². The topological polar surface area (TPSA) is 122 Å². The van der Waals surface area contributed by atoms with Crippen molar-refractivity contribution in [2.45, 2.75) is 19.5 Å². The van der Waals surface area contributed by atoms with Crippen LogP contribution in [0.5, 0.6) is 0 Å². The average molecular weight is 444 g/mol. The van der Waals surface area contributed by atoms with Gasteiger partial charge in [-0.15, -0.1) is 0 Å². The number of amides is 1. The second-order valence-corrected chi connectivity index (χ2v) is 7.54. The number of anilines is 1. The minimum atomic E-state index is -0.426. The Kier molecular flexibility index (Phi) is 5.92. The number of halogens is 1. The van der Waals surface area contributed by atoms with Crippen molar-refractivity contribution >= 4 is 34.2 Å². The Labute approximate surface area is 189 Å². The first-order valence-electron chi connectivity index (χ1n) is 9.75. The zero-order chi connectivity index (χ0) is 22.7. The van der Waals surface area contributed by atoms with Crippen LogP contribution in [0.1, 0.15) is 40.4 Å². The molecule has 1 aromatic carbocycles. The van der Waals surface area contributed by atoms with E-state index in [1.165, 1.54) is 6.20 Å². The van der Waals surface area contributed by atoms with Crippen molar-refractivity contribution in [3.05, 3.63) is 88.7 Å². The fourth-order valence-corrected chi connectivity index (χ4v) is 3.43. The summed E-state index contributed by atoms with van der Waals surface area (Å²) in [6.07, 6.45) is 4.75. The van der Waals surface area contributed by atoms with E-state index in [0.29, 0.717) is 38.6 Å². The summed E-state index contributed by atoms with van der Waals surface area (Å²) in [7, 11) is 0. The molecule has 0 saturated carbocycles. The summed E-state index contributed by atoms with van der Waals surface area (Å²) >= 11 is 6.11. The summed E-state index contributed by atoms with van der Waals surface area (Å²) in [4.78, 5) is 32.4. The Morgan fingerprint density at radius 3 is 2.66 bits per heavy atom. The number of aromatic nitrogens is 4. The average Bonchev–Trinajstić information content (AvgIpc) is 2.83. The number of carbonyl (C=O) groups excluding carboxylic acids is 1. The third kappa shape index (κ3) is 4.33. The van der Waals surface area contributed by atoms with Crippen LogP contribution in [0.25, 0.3) is 10.9 Å². The zero-order valence-electron chi connectivity index (χ0n) is 17.1. The number of nitrogen functional groups attached to an aromatic ring is 1. The van der Waals surface area contributed by atoms with E-state index in [4.69, 9.17) is 22.6 Å². The van der Waals surface area contributed by atoms with Gasteiger partial charge in [0.25, 0.3) is 5.91 Å². The van der Waals surface area contributed by atoms with E-state index in [-0.39, 0.29) is 18.3 Å². The maximum Gasteiger partial charge on any atom is 0.254 e. The molecule has 1 amide bonds. The van der Waals surface area contributed by atoms with Crippen molar-refractivity contribution in [2.75, 3.05) is 5.73 Å². The molecule has 0 saturated heterocycles. The van der Waals surface area contributed by atoms with Gasteiger partial charge in [-0.1, -0.05) is 11.6 Å². The summed E-state index contributed by atoms with van der Waals surface area (Å²) in [5.74, 6) is 0.514. The van der Waals surface area contributed by atoms with Gasteiger partial charge in [0.05, 0.1) is 34.4 Å². The number of rotatable bonds is 5. The fourth-order valence-electron chi connectivity index (χ4n) is 3.27. The summed E-state index contributed by atoms with van der Waals surface area (Å²) in [5, 5.41) is 10.0. The SMILES string of the molecule is C[C@H](c1ncccn1)N(Cc1ccc(C#N)cn1)C(=O)c1ccc2nc(N)c(Cl)cc2c1. The summed E-state index contributed by atoms with van der Waals surface area (Å²) < 4.78 is 0. The monoisotopic (exact) mass is 443 g/mol. The minimum Gasteiger partial charge on any atom is -0.382 e. The highest BCUT2D eigenvalue weighted by atomic mass is 35.5. The summed E-state index contributed by atoms with van der Waals surface area (Å²) in [6.45, 7) is 2.07. The smallest absolute Gasteiger partial charge is 0.254 e. The van der Waals surface area contributed by atoms with Crippen molar-refractivity contribution in [3.8, 4) is 6.07 Å². The van der Waals surface area contributed by atoms with Gasteiger partial charge in [-0.05, 0) is 49.4 Å². The maximum absolute atomic E-state index is 13.6. The molecule has 9 heteroatoms. The van der Waals surface area contributed by atoms with Crippen LogP contribution in [0.4, 0.5) is 5.82 Å². The van der Waals surface area contributed by atoms with Gasteiger partial charge in [0, 0.05) is 29.5 Å². The number of benzene rings is 1. The zero-order valence-corrected chi connectivity index (χ0v) is 17.9. The Bertz CT molecular complexity index is 1320. The number of nitrogens with zero attached hydrogens (tertiary/aromatic N) is 6. The Balaban J connectivity index is 1.72. The summed E-state index contributed by atoms with van der Waals surface area (Å²) in [6, 6.07) is 13.6. The number of nitriles is 1. The molecule has 0 aliphatic carbocycles. The maximum atomic E-state index is 13.6. The van der Waals surface area contributed by atoms with Gasteiger partial charge in [-0.25, -0.2) is 15.0 Å². The molecule has 3 heterocycles. The van der Waals surface area contributed by atoms with Crippen LogP contribution in [-0.4, -0.2) is 30.7 Å². The number of carbonyl (C=O) groups is 1. The second-order valence-electron chi connectivity index (χ2n) is 7.13. The Morgan fingerprint density at radius 2 is 1.97 bits per heavy atom. The van der Waals surface area contributed by atoms with Crippen LogP contribution in [0.3, 0.4) is 0 Å². The second kappa shape index (κ2) is 8.96. The van der Waals surface area contributed by atoms with Crippen LogP contribution in [-0.2, 0) is 6.54 Å². The number of hydrogen-bond acceptors (Lipinski definition) is 7. The first-order valence-corrected chi connectivity index (χ1v) is 10.1. The third-order valence-electron chi connectivity index (χ3n) is 5.02. The molecule has 0 aliphatic heterocycles. The van der Waals surface area contributed by atoms with E-state index >= 15 is 0 Å². The lowest BCUT2D eigenvalue weighted by Gasteiger charge is -2.28. The molecule has 0 aliphatic rings. The van der Waals surface area contributed by atoms with E-state index in [1.807, 2.05) is 13.0 Å². The molecule has 0 bridgehead atoms. The molecular formula is C23H18ClN7O. The number of pyridine rings is 2. The minimum absolute atomic E-state index is 0.211. The number of nitrogens with two attached hydrogens (primary N) is 1. The lowest BCUT2D eigenvalue weighted by atomic mass is 10.1. The number of fused-ring (bicyclic) bond motifs is 1. The number of hydrogen-bond donors (Lipinski definition) is 1. The Hall–Kier alpha value is -4.09. The van der Waals surface area contributed by atoms with Gasteiger partial charge < -0.3 is 10.6 Å². The van der Waals surface area contributed by atoms with E-state index < -0.39 is 6.04 Å². The largest absolute Gasteiger partial charge is 0.382 e. The summed E-state index contributed by atoms with van der Waals surface area (Å²) in [5.41, 5.74) is 7.97. The van der Waals surface area contributed by atoms with Crippen molar-refractivity contribution in [1.29, 1.82) is 5.26 Å². The van der Waals surface area contributed by atoms with E-state index in [1.54, 1.807) is 59.8 Å². The van der Waals surface area contributed by atoms with Gasteiger partial charge in [0.2, 0.25) is 0 Å². The highest BCUT2D eigenvalue weighted by Gasteiger charge is 2.25. The van der Waals surface area contributed by atoms with Gasteiger partial charge >= 0.3 is 0 Å². The molecule has 0 spiro atoms. The van der Waals surface area contributed by atoms with Crippen molar-refractivity contribution in [3.63, 3.8) is 0 Å². The lowest BCUT2D eigenvalue weighted by molar-refractivity contribution is 0.0663. The first-order chi connectivity index (χ1) is 15.5. The molecular weight excluding hydrogens is 426 g/mol. The van der Waals surface area contributed by atoms with Gasteiger partial charge in [-0.2, -0.15) is 5.26 Å². The van der Waals surface area contributed by atoms with E-state index in [0.717, 1.165) is 0 Å². The molecule has 2 N–H and O–H groups in total. The Morgan fingerprint density at radius 1 is 1.19 bits per heavy atom. The normalized spacial score (nSPS) is 11.7. The van der Waals surface area contributed by atoms with Gasteiger partial charge in [-0.3, -0.25) is 9.78 Å². The first kappa shape index (κ1) is 21.2. The molecule has 158 valence electrons. The van der Waals surface area contributed by atoms with Crippen LogP contribution in [0, 0.1) is 11.3 Å². The van der Waals surface area contributed by atoms with Gasteiger partial charge in [0.1, 0.15) is 17.7 Å². The van der Waals surface area contributed by atoms with E-state index in [9.17, 15) is 4.79 Å². The molecule has 0 fully saturated rings. The predicted molar refractivity (Wildman–Crippen MR) is 120 cm³/mol. The third-order valence-corrected chi connectivity index (χ3v) is 5.32. The molecule has 4 aromatic rings. The highest BCUT2D eigenvalue weighted by molar-refractivity contribution is 6.33. The van der Waals surface area contributed by atoms with Crippen LogP contribution in [0.15, 0.2) is 61.1 Å². The molecule has 3 aromatic heterocycles. The van der Waals surface area contributed by atoms with Crippen LogP contribution >= 0.6 is 11.6 Å². The van der Waals surface area contributed by atoms with E-state index in [2.05, 4.69) is 19.9 Å². The predicted octanol–water partition coefficient (Wildman–Crippen LogP) is 3.93. The van der Waals surface area contributed by atoms with Crippen molar-refractivity contribution < 1.29 is 4.79 Å². The molecule has 1 atom stereocenters. The molecule has 4 rings (SSSR count). The lowest BCUT2D eigenvalue weighted by Crippen LogP contribution is -2.34. The molecule has 0 unspecified atom stereocenters. The highest BCUT2D eigenvalue weighted by Crippen LogP contribution is 2.26.